The third-order valence-corrected chi connectivity index (χ3v) is 4.57. The molecule has 0 saturated carbocycles. The van der Waals surface area contributed by atoms with Crippen molar-refractivity contribution in [2.75, 3.05) is 26.3 Å². The normalized spacial score (nSPS) is 22.8. The van der Waals surface area contributed by atoms with E-state index in [0.717, 1.165) is 30.2 Å². The summed E-state index contributed by atoms with van der Waals surface area (Å²) in [6, 6.07) is 2.14. The van der Waals surface area contributed by atoms with Crippen LogP contribution < -0.4 is 14.8 Å². The van der Waals surface area contributed by atoms with Crippen molar-refractivity contribution in [3.05, 3.63) is 21.7 Å². The molecule has 1 saturated heterocycles. The fourth-order valence-electron chi connectivity index (χ4n) is 2.57. The van der Waals surface area contributed by atoms with E-state index in [1.807, 2.05) is 0 Å². The molecule has 3 rings (SSSR count). The van der Waals surface area contributed by atoms with Crippen LogP contribution in [0.25, 0.3) is 0 Å². The highest BCUT2D eigenvalue weighted by atomic mass is 79.9. The maximum atomic E-state index is 5.69. The fraction of sp³-hybridized carbons (Fsp3) is 0.538. The predicted octanol–water partition coefficient (Wildman–Crippen LogP) is 2.61. The van der Waals surface area contributed by atoms with Gasteiger partial charge in [0.25, 0.3) is 0 Å². The Hall–Kier alpha value is -0.740. The number of hydrogen-bond donors (Lipinski definition) is 1. The van der Waals surface area contributed by atoms with Crippen LogP contribution in [0, 0.1) is 6.92 Å². The van der Waals surface area contributed by atoms with E-state index >= 15 is 0 Å². The summed E-state index contributed by atoms with van der Waals surface area (Å²) in [5, 5.41) is 3.40. The molecule has 0 bridgehead atoms. The van der Waals surface area contributed by atoms with Gasteiger partial charge >= 0.3 is 0 Å². The molecule has 0 aromatic heterocycles. The second kappa shape index (κ2) is 4.50. The molecule has 1 aromatic carbocycles. The molecule has 2 heterocycles. The first kappa shape index (κ1) is 11.4. The molecule has 1 fully saturated rings. The van der Waals surface area contributed by atoms with Gasteiger partial charge in [-0.25, -0.2) is 0 Å². The molecular formula is C13H16BrNO2. The lowest BCUT2D eigenvalue weighted by Gasteiger charge is -2.24. The highest BCUT2D eigenvalue weighted by Gasteiger charge is 2.25. The third-order valence-electron chi connectivity index (χ3n) is 3.52. The van der Waals surface area contributed by atoms with E-state index in [-0.39, 0.29) is 0 Å². The standard InChI is InChI=1S/C13H16BrNO2/c1-8-12(14)10(9-2-3-15-7-9)6-11-13(8)17-5-4-16-11/h6,9,15H,2-5,7H2,1H3. The predicted molar refractivity (Wildman–Crippen MR) is 70.1 cm³/mol. The molecule has 92 valence electrons. The van der Waals surface area contributed by atoms with Crippen molar-refractivity contribution in [3.63, 3.8) is 0 Å². The minimum atomic E-state index is 0.582. The Kier molecular flexibility index (Phi) is 3.01. The summed E-state index contributed by atoms with van der Waals surface area (Å²) in [7, 11) is 0. The third kappa shape index (κ3) is 1.93. The van der Waals surface area contributed by atoms with E-state index in [9.17, 15) is 0 Å². The highest BCUT2D eigenvalue weighted by Crippen LogP contribution is 2.43. The van der Waals surface area contributed by atoms with Crippen molar-refractivity contribution in [3.8, 4) is 11.5 Å². The van der Waals surface area contributed by atoms with Crippen LogP contribution in [0.1, 0.15) is 23.5 Å². The van der Waals surface area contributed by atoms with Crippen molar-refractivity contribution in [2.24, 2.45) is 0 Å². The Balaban J connectivity index is 2.06. The van der Waals surface area contributed by atoms with Crippen molar-refractivity contribution < 1.29 is 9.47 Å². The van der Waals surface area contributed by atoms with Crippen LogP contribution in [0.5, 0.6) is 11.5 Å². The van der Waals surface area contributed by atoms with E-state index in [4.69, 9.17) is 9.47 Å². The Morgan fingerprint density at radius 2 is 2.18 bits per heavy atom. The number of nitrogens with one attached hydrogen (secondary N) is 1. The monoisotopic (exact) mass is 297 g/mol. The van der Waals surface area contributed by atoms with Gasteiger partial charge < -0.3 is 14.8 Å². The van der Waals surface area contributed by atoms with Gasteiger partial charge in [-0.15, -0.1) is 0 Å². The lowest BCUT2D eigenvalue weighted by atomic mass is 9.96. The number of halogens is 1. The molecule has 2 aliphatic heterocycles. The average molecular weight is 298 g/mol. The van der Waals surface area contributed by atoms with Gasteiger partial charge in [0.2, 0.25) is 0 Å². The fourth-order valence-corrected chi connectivity index (χ4v) is 3.19. The summed E-state index contributed by atoms with van der Waals surface area (Å²) < 4.78 is 12.6. The molecule has 1 unspecified atom stereocenters. The van der Waals surface area contributed by atoms with Gasteiger partial charge in [-0.3, -0.25) is 0 Å². The van der Waals surface area contributed by atoms with E-state index < -0.39 is 0 Å². The number of hydrogen-bond acceptors (Lipinski definition) is 3. The van der Waals surface area contributed by atoms with Gasteiger partial charge in [0, 0.05) is 16.6 Å². The first-order valence-corrected chi connectivity index (χ1v) is 6.86. The van der Waals surface area contributed by atoms with Crippen molar-refractivity contribution >= 4 is 15.9 Å². The van der Waals surface area contributed by atoms with Crippen LogP contribution in [-0.4, -0.2) is 26.3 Å². The maximum Gasteiger partial charge on any atom is 0.165 e. The summed E-state index contributed by atoms with van der Waals surface area (Å²) in [5.41, 5.74) is 2.50. The lowest BCUT2D eigenvalue weighted by molar-refractivity contribution is 0.170. The quantitative estimate of drug-likeness (QED) is 0.864. The molecule has 0 aliphatic carbocycles. The molecule has 0 radical (unpaired) electrons. The molecule has 2 aliphatic rings. The largest absolute Gasteiger partial charge is 0.486 e. The smallest absolute Gasteiger partial charge is 0.165 e. The molecule has 0 spiro atoms. The van der Waals surface area contributed by atoms with Gasteiger partial charge in [0.15, 0.2) is 11.5 Å². The van der Waals surface area contributed by atoms with E-state index in [2.05, 4.69) is 34.2 Å². The minimum absolute atomic E-state index is 0.582. The van der Waals surface area contributed by atoms with Crippen molar-refractivity contribution in [1.82, 2.24) is 5.32 Å². The van der Waals surface area contributed by atoms with Gasteiger partial charge in [-0.05, 0) is 37.4 Å². The van der Waals surface area contributed by atoms with Crippen LogP contribution >= 0.6 is 15.9 Å². The Morgan fingerprint density at radius 1 is 1.35 bits per heavy atom. The molecule has 17 heavy (non-hydrogen) atoms. The minimum Gasteiger partial charge on any atom is -0.486 e. The SMILES string of the molecule is Cc1c(Br)c(C2CCNC2)cc2c1OCCO2. The van der Waals surface area contributed by atoms with E-state index in [1.165, 1.54) is 16.5 Å². The zero-order valence-electron chi connectivity index (χ0n) is 9.88. The van der Waals surface area contributed by atoms with Gasteiger partial charge in [-0.1, -0.05) is 15.9 Å². The van der Waals surface area contributed by atoms with Gasteiger partial charge in [-0.2, -0.15) is 0 Å². The number of benzene rings is 1. The summed E-state index contributed by atoms with van der Waals surface area (Å²) in [4.78, 5) is 0. The van der Waals surface area contributed by atoms with Crippen LogP contribution in [0.4, 0.5) is 0 Å². The Bertz CT molecular complexity index is 442. The first-order valence-electron chi connectivity index (χ1n) is 6.06. The van der Waals surface area contributed by atoms with Crippen LogP contribution in [-0.2, 0) is 0 Å². The van der Waals surface area contributed by atoms with Crippen LogP contribution in [0.2, 0.25) is 0 Å². The average Bonchev–Trinajstić information content (AvgIpc) is 2.87. The zero-order valence-corrected chi connectivity index (χ0v) is 11.5. The van der Waals surface area contributed by atoms with Crippen LogP contribution in [0.3, 0.4) is 0 Å². The number of fused-ring (bicyclic) bond motifs is 1. The second-order valence-corrected chi connectivity index (χ2v) is 5.41. The van der Waals surface area contributed by atoms with Crippen molar-refractivity contribution in [1.29, 1.82) is 0 Å². The number of ether oxygens (including phenoxy) is 2. The van der Waals surface area contributed by atoms with Crippen LogP contribution in [0.15, 0.2) is 10.5 Å². The van der Waals surface area contributed by atoms with Gasteiger partial charge in [0.1, 0.15) is 13.2 Å². The maximum absolute atomic E-state index is 5.69. The summed E-state index contributed by atoms with van der Waals surface area (Å²) in [5.74, 6) is 2.38. The summed E-state index contributed by atoms with van der Waals surface area (Å²) in [6.45, 7) is 5.53. The molecule has 1 N–H and O–H groups in total. The van der Waals surface area contributed by atoms with E-state index in [0.29, 0.717) is 19.1 Å². The topological polar surface area (TPSA) is 30.5 Å². The number of rotatable bonds is 1. The summed E-state index contributed by atoms with van der Waals surface area (Å²) >= 11 is 3.71. The molecular weight excluding hydrogens is 282 g/mol. The highest BCUT2D eigenvalue weighted by molar-refractivity contribution is 9.10. The van der Waals surface area contributed by atoms with Gasteiger partial charge in [0.05, 0.1) is 0 Å². The second-order valence-electron chi connectivity index (χ2n) is 4.62. The molecule has 0 amide bonds. The Labute approximate surface area is 110 Å². The van der Waals surface area contributed by atoms with Crippen molar-refractivity contribution in [2.45, 2.75) is 19.3 Å². The Morgan fingerprint density at radius 3 is 2.94 bits per heavy atom. The molecule has 4 heteroatoms. The summed E-state index contributed by atoms with van der Waals surface area (Å²) in [6.07, 6.45) is 1.19. The molecule has 3 nitrogen and oxygen atoms in total. The zero-order chi connectivity index (χ0) is 11.8. The van der Waals surface area contributed by atoms with E-state index in [1.54, 1.807) is 0 Å². The lowest BCUT2D eigenvalue weighted by Crippen LogP contribution is -2.17. The molecule has 1 atom stereocenters. The molecule has 1 aromatic rings. The first-order chi connectivity index (χ1) is 8.27.